The standard InChI is InChI=1S/C14H20N6S/c1-11-10-16-14(21-11)20-8-6-19(7-9-20)13-15-5-4-12(17-13)18(2)3/h4-5,10H,6-9H2,1-3H3. The molecule has 1 aliphatic rings. The Balaban J connectivity index is 1.67. The average molecular weight is 304 g/mol. The van der Waals surface area contributed by atoms with Gasteiger partial charge in [0.2, 0.25) is 5.95 Å². The molecule has 0 amide bonds. The maximum Gasteiger partial charge on any atom is 0.227 e. The zero-order chi connectivity index (χ0) is 14.8. The van der Waals surface area contributed by atoms with E-state index in [4.69, 9.17) is 0 Å². The zero-order valence-electron chi connectivity index (χ0n) is 12.7. The van der Waals surface area contributed by atoms with Gasteiger partial charge < -0.3 is 14.7 Å². The van der Waals surface area contributed by atoms with Gasteiger partial charge in [0.15, 0.2) is 5.13 Å². The second-order valence-electron chi connectivity index (χ2n) is 5.34. The van der Waals surface area contributed by atoms with Crippen LogP contribution in [0.4, 0.5) is 16.9 Å². The molecule has 3 heterocycles. The Hall–Kier alpha value is -1.89. The highest BCUT2D eigenvalue weighted by molar-refractivity contribution is 7.15. The lowest BCUT2D eigenvalue weighted by molar-refractivity contribution is 0.638. The van der Waals surface area contributed by atoms with Crippen LogP contribution in [0.3, 0.4) is 0 Å². The van der Waals surface area contributed by atoms with E-state index in [0.29, 0.717) is 0 Å². The lowest BCUT2D eigenvalue weighted by Gasteiger charge is -2.34. The molecule has 112 valence electrons. The summed E-state index contributed by atoms with van der Waals surface area (Å²) in [5.41, 5.74) is 0. The van der Waals surface area contributed by atoms with Gasteiger partial charge in [0.1, 0.15) is 5.82 Å². The summed E-state index contributed by atoms with van der Waals surface area (Å²) in [7, 11) is 3.99. The van der Waals surface area contributed by atoms with Crippen LogP contribution in [0.2, 0.25) is 0 Å². The zero-order valence-corrected chi connectivity index (χ0v) is 13.5. The van der Waals surface area contributed by atoms with Crippen LogP contribution in [0.25, 0.3) is 0 Å². The molecule has 1 saturated heterocycles. The molecule has 0 N–H and O–H groups in total. The molecule has 0 bridgehead atoms. The molecule has 1 aliphatic heterocycles. The van der Waals surface area contributed by atoms with Crippen LogP contribution >= 0.6 is 11.3 Å². The number of hydrogen-bond acceptors (Lipinski definition) is 7. The van der Waals surface area contributed by atoms with E-state index in [1.807, 2.05) is 37.5 Å². The molecular weight excluding hydrogens is 284 g/mol. The first-order valence-corrected chi connectivity index (χ1v) is 7.88. The summed E-state index contributed by atoms with van der Waals surface area (Å²) < 4.78 is 0. The van der Waals surface area contributed by atoms with Crippen molar-refractivity contribution in [3.8, 4) is 0 Å². The molecule has 0 radical (unpaired) electrons. The molecule has 21 heavy (non-hydrogen) atoms. The van der Waals surface area contributed by atoms with E-state index in [2.05, 4.69) is 31.7 Å². The van der Waals surface area contributed by atoms with Crippen molar-refractivity contribution in [3.05, 3.63) is 23.3 Å². The van der Waals surface area contributed by atoms with Gasteiger partial charge in [-0.2, -0.15) is 4.98 Å². The molecule has 3 rings (SSSR count). The maximum absolute atomic E-state index is 4.61. The number of thiazole rings is 1. The highest BCUT2D eigenvalue weighted by Crippen LogP contribution is 2.23. The molecule has 0 aliphatic carbocycles. The van der Waals surface area contributed by atoms with Crippen LogP contribution in [0.1, 0.15) is 4.88 Å². The first-order chi connectivity index (χ1) is 10.1. The smallest absolute Gasteiger partial charge is 0.227 e. The predicted octanol–water partition coefficient (Wildman–Crippen LogP) is 1.63. The fraction of sp³-hybridized carbons (Fsp3) is 0.500. The molecule has 6 nitrogen and oxygen atoms in total. The number of nitrogens with zero attached hydrogens (tertiary/aromatic N) is 6. The summed E-state index contributed by atoms with van der Waals surface area (Å²) in [5.74, 6) is 1.76. The van der Waals surface area contributed by atoms with E-state index >= 15 is 0 Å². The second-order valence-corrected chi connectivity index (χ2v) is 6.55. The van der Waals surface area contributed by atoms with Gasteiger partial charge >= 0.3 is 0 Å². The molecule has 1 fully saturated rings. The van der Waals surface area contributed by atoms with Gasteiger partial charge in [-0.15, -0.1) is 11.3 Å². The molecule has 0 aromatic carbocycles. The fourth-order valence-electron chi connectivity index (χ4n) is 2.33. The summed E-state index contributed by atoms with van der Waals surface area (Å²) in [4.78, 5) is 21.3. The lowest BCUT2D eigenvalue weighted by atomic mass is 10.3. The highest BCUT2D eigenvalue weighted by atomic mass is 32.1. The topological polar surface area (TPSA) is 48.4 Å². The van der Waals surface area contributed by atoms with Crippen LogP contribution in [0, 0.1) is 6.92 Å². The van der Waals surface area contributed by atoms with E-state index < -0.39 is 0 Å². The Labute approximate surface area is 129 Å². The van der Waals surface area contributed by atoms with Crippen molar-refractivity contribution in [3.63, 3.8) is 0 Å². The van der Waals surface area contributed by atoms with Crippen LogP contribution < -0.4 is 14.7 Å². The van der Waals surface area contributed by atoms with E-state index in [1.165, 1.54) is 4.88 Å². The van der Waals surface area contributed by atoms with Gasteiger partial charge in [0, 0.05) is 57.5 Å². The van der Waals surface area contributed by atoms with Gasteiger partial charge in [-0.3, -0.25) is 0 Å². The summed E-state index contributed by atoms with van der Waals surface area (Å²) in [5, 5.41) is 1.12. The molecule has 0 atom stereocenters. The maximum atomic E-state index is 4.61. The first-order valence-electron chi connectivity index (χ1n) is 7.06. The predicted molar refractivity (Wildman–Crippen MR) is 87.6 cm³/mol. The van der Waals surface area contributed by atoms with Crippen LogP contribution in [0.5, 0.6) is 0 Å². The van der Waals surface area contributed by atoms with Gasteiger partial charge in [-0.25, -0.2) is 9.97 Å². The third-order valence-corrected chi connectivity index (χ3v) is 4.50. The molecular formula is C14H20N6S. The van der Waals surface area contributed by atoms with Gasteiger partial charge in [-0.05, 0) is 13.0 Å². The summed E-state index contributed by atoms with van der Waals surface area (Å²) in [6, 6.07) is 1.93. The van der Waals surface area contributed by atoms with Crippen LogP contribution in [-0.4, -0.2) is 55.2 Å². The third kappa shape index (κ3) is 3.07. The van der Waals surface area contributed by atoms with Crippen molar-refractivity contribution in [2.45, 2.75) is 6.92 Å². The van der Waals surface area contributed by atoms with Gasteiger partial charge in [0.25, 0.3) is 0 Å². The van der Waals surface area contributed by atoms with Gasteiger partial charge in [0.05, 0.1) is 0 Å². The number of aromatic nitrogens is 3. The average Bonchev–Trinajstić information content (AvgIpc) is 2.94. The van der Waals surface area contributed by atoms with E-state index in [9.17, 15) is 0 Å². The Morgan fingerprint density at radius 2 is 1.81 bits per heavy atom. The minimum Gasteiger partial charge on any atom is -0.363 e. The first kappa shape index (κ1) is 14.1. The number of rotatable bonds is 3. The monoisotopic (exact) mass is 304 g/mol. The Bertz CT molecular complexity index is 603. The van der Waals surface area contributed by atoms with E-state index in [0.717, 1.165) is 43.1 Å². The summed E-state index contributed by atoms with van der Waals surface area (Å²) in [6.07, 6.45) is 3.77. The molecule has 0 spiro atoms. The van der Waals surface area contributed by atoms with Crippen molar-refractivity contribution < 1.29 is 0 Å². The van der Waals surface area contributed by atoms with Crippen LogP contribution in [0.15, 0.2) is 18.5 Å². The SMILES string of the molecule is Cc1cnc(N2CCN(c3nccc(N(C)C)n3)CC2)s1. The van der Waals surface area contributed by atoms with Gasteiger partial charge in [-0.1, -0.05) is 0 Å². The van der Waals surface area contributed by atoms with Crippen molar-refractivity contribution >= 4 is 28.2 Å². The number of aryl methyl sites for hydroxylation is 1. The summed E-state index contributed by atoms with van der Waals surface area (Å²) >= 11 is 1.76. The van der Waals surface area contributed by atoms with Crippen molar-refractivity contribution in [2.75, 3.05) is 55.0 Å². The lowest BCUT2D eigenvalue weighted by Crippen LogP contribution is -2.47. The molecule has 2 aromatic rings. The highest BCUT2D eigenvalue weighted by Gasteiger charge is 2.21. The normalized spacial score (nSPS) is 15.4. The Kier molecular flexibility index (Phi) is 3.92. The molecule has 7 heteroatoms. The molecule has 0 unspecified atom stereocenters. The number of anilines is 3. The number of piperazine rings is 1. The quantitative estimate of drug-likeness (QED) is 0.859. The van der Waals surface area contributed by atoms with Crippen LogP contribution in [-0.2, 0) is 0 Å². The van der Waals surface area contributed by atoms with Crippen molar-refractivity contribution in [2.24, 2.45) is 0 Å². The fourth-order valence-corrected chi connectivity index (χ4v) is 3.14. The summed E-state index contributed by atoms with van der Waals surface area (Å²) in [6.45, 7) is 5.87. The number of hydrogen-bond donors (Lipinski definition) is 0. The molecule has 0 saturated carbocycles. The third-order valence-electron chi connectivity index (χ3n) is 3.53. The minimum atomic E-state index is 0.816. The Morgan fingerprint density at radius 3 is 2.43 bits per heavy atom. The van der Waals surface area contributed by atoms with Crippen molar-refractivity contribution in [1.82, 2.24) is 15.0 Å². The largest absolute Gasteiger partial charge is 0.363 e. The minimum absolute atomic E-state index is 0.816. The van der Waals surface area contributed by atoms with E-state index in [1.54, 1.807) is 11.3 Å². The molecule has 2 aromatic heterocycles. The van der Waals surface area contributed by atoms with E-state index in [-0.39, 0.29) is 0 Å². The Morgan fingerprint density at radius 1 is 1.10 bits per heavy atom. The second kappa shape index (κ2) is 5.85. The van der Waals surface area contributed by atoms with Crippen molar-refractivity contribution in [1.29, 1.82) is 0 Å².